The molecule has 4 rings (SSSR count). The third-order valence-electron chi connectivity index (χ3n) is 4.84. The molecule has 9 heteroatoms. The van der Waals surface area contributed by atoms with Crippen LogP contribution in [0.5, 0.6) is 11.5 Å². The summed E-state index contributed by atoms with van der Waals surface area (Å²) in [6.45, 7) is 2.42. The number of benzene rings is 2. The molecule has 0 unspecified atom stereocenters. The van der Waals surface area contributed by atoms with E-state index < -0.39 is 26.7 Å². The number of hydrogen-bond acceptors (Lipinski definition) is 7. The number of oxazole rings is 1. The zero-order valence-electron chi connectivity index (χ0n) is 16.9. The van der Waals surface area contributed by atoms with Crippen LogP contribution in [0.4, 0.5) is 5.69 Å². The number of ether oxygens (including phenoxy) is 2. The molecule has 0 radical (unpaired) electrons. The van der Waals surface area contributed by atoms with Gasteiger partial charge in [0.05, 0.1) is 24.7 Å². The average Bonchev–Trinajstić information content (AvgIpc) is 3.09. The van der Waals surface area contributed by atoms with Crippen molar-refractivity contribution in [2.45, 2.75) is 24.3 Å². The predicted molar refractivity (Wildman–Crippen MR) is 115 cm³/mol. The van der Waals surface area contributed by atoms with Crippen LogP contribution in [0.2, 0.25) is 0 Å². The van der Waals surface area contributed by atoms with Crippen LogP contribution in [-0.4, -0.2) is 37.8 Å². The highest BCUT2D eigenvalue weighted by molar-refractivity contribution is 7.92. The lowest BCUT2D eigenvalue weighted by Crippen LogP contribution is -2.33. The van der Waals surface area contributed by atoms with E-state index in [0.717, 1.165) is 12.0 Å². The van der Waals surface area contributed by atoms with E-state index in [-0.39, 0.29) is 5.69 Å². The number of sulfone groups is 1. The van der Waals surface area contributed by atoms with Crippen molar-refractivity contribution >= 4 is 21.4 Å². The molecule has 31 heavy (non-hydrogen) atoms. The summed E-state index contributed by atoms with van der Waals surface area (Å²) in [7, 11) is -3.82. The van der Waals surface area contributed by atoms with Gasteiger partial charge in [-0.05, 0) is 31.2 Å². The Kier molecular flexibility index (Phi) is 5.94. The van der Waals surface area contributed by atoms with E-state index in [1.54, 1.807) is 18.2 Å². The number of nitrogens with zero attached hydrogens (tertiary/aromatic N) is 1. The third-order valence-corrected chi connectivity index (χ3v) is 6.83. The van der Waals surface area contributed by atoms with E-state index in [1.165, 1.54) is 13.2 Å². The van der Waals surface area contributed by atoms with E-state index in [2.05, 4.69) is 10.3 Å². The average molecular weight is 442 g/mol. The molecule has 0 saturated carbocycles. The molecule has 0 bridgehead atoms. The summed E-state index contributed by atoms with van der Waals surface area (Å²) in [6, 6.07) is 14.1. The van der Waals surface area contributed by atoms with E-state index in [1.807, 2.05) is 30.3 Å². The molecule has 8 nitrogen and oxygen atoms in total. The van der Waals surface area contributed by atoms with Gasteiger partial charge in [-0.1, -0.05) is 18.2 Å². The largest absolute Gasteiger partial charge is 0.490 e. The number of rotatable bonds is 6. The molecule has 0 fully saturated rings. The summed E-state index contributed by atoms with van der Waals surface area (Å²) in [5, 5.41) is 1.36. The fourth-order valence-corrected chi connectivity index (χ4v) is 4.25. The van der Waals surface area contributed by atoms with Crippen molar-refractivity contribution in [3.8, 4) is 23.0 Å². The number of nitrogens with one attached hydrogen (secondary N) is 1. The van der Waals surface area contributed by atoms with Crippen LogP contribution in [0.25, 0.3) is 11.5 Å². The summed E-state index contributed by atoms with van der Waals surface area (Å²) >= 11 is 0. The van der Waals surface area contributed by atoms with Crippen LogP contribution < -0.4 is 14.8 Å². The van der Waals surface area contributed by atoms with Crippen molar-refractivity contribution in [2.75, 3.05) is 18.5 Å². The number of amides is 1. The first-order valence-electron chi connectivity index (χ1n) is 9.84. The van der Waals surface area contributed by atoms with Gasteiger partial charge in [0.15, 0.2) is 21.3 Å². The minimum atomic E-state index is -3.82. The summed E-state index contributed by atoms with van der Waals surface area (Å²) in [5.41, 5.74) is 1.42. The third kappa shape index (κ3) is 4.88. The van der Waals surface area contributed by atoms with Crippen molar-refractivity contribution < 1.29 is 27.1 Å². The number of aromatic nitrogens is 1. The van der Waals surface area contributed by atoms with Crippen LogP contribution in [-0.2, 0) is 20.4 Å². The van der Waals surface area contributed by atoms with Gasteiger partial charge >= 0.3 is 0 Å². The number of fused-ring (bicyclic) bond motifs is 1. The first-order chi connectivity index (χ1) is 14.9. The standard InChI is InChI=1S/C22H22N2O6S/c1-15(21(25)23-17-8-9-19-20(12-17)29-11-5-10-28-19)31(26,27)14-18-13-30-22(24-18)16-6-3-2-4-7-16/h2-4,6-9,12-13,15H,5,10-11,14H2,1H3,(H,23,25)/t15-/m0/s1. The summed E-state index contributed by atoms with van der Waals surface area (Å²) in [5.74, 6) is 0.397. The number of hydrogen-bond donors (Lipinski definition) is 1. The molecule has 1 aliphatic rings. The molecule has 3 aromatic rings. The maximum absolute atomic E-state index is 12.8. The first kappa shape index (κ1) is 20.9. The van der Waals surface area contributed by atoms with Crippen molar-refractivity contribution in [3.05, 3.63) is 60.5 Å². The zero-order valence-corrected chi connectivity index (χ0v) is 17.7. The van der Waals surface area contributed by atoms with Gasteiger partial charge in [-0.25, -0.2) is 13.4 Å². The Bertz CT molecular complexity index is 1170. The Labute approximate surface area is 180 Å². The smallest absolute Gasteiger partial charge is 0.242 e. The van der Waals surface area contributed by atoms with Crippen molar-refractivity contribution in [1.82, 2.24) is 4.98 Å². The maximum Gasteiger partial charge on any atom is 0.242 e. The maximum atomic E-state index is 12.8. The van der Waals surface area contributed by atoms with Crippen LogP contribution in [0, 0.1) is 0 Å². The van der Waals surface area contributed by atoms with Gasteiger partial charge in [-0.3, -0.25) is 4.79 Å². The Morgan fingerprint density at radius 1 is 1.10 bits per heavy atom. The van der Waals surface area contributed by atoms with E-state index >= 15 is 0 Å². The fourth-order valence-electron chi connectivity index (χ4n) is 3.07. The molecular weight excluding hydrogens is 420 g/mol. The molecule has 0 spiro atoms. The molecule has 1 atom stereocenters. The highest BCUT2D eigenvalue weighted by Crippen LogP contribution is 2.32. The van der Waals surface area contributed by atoms with Gasteiger partial charge in [0.1, 0.15) is 11.5 Å². The fraction of sp³-hybridized carbons (Fsp3) is 0.273. The van der Waals surface area contributed by atoms with Crippen LogP contribution >= 0.6 is 0 Å². The van der Waals surface area contributed by atoms with Gasteiger partial charge in [0.25, 0.3) is 0 Å². The van der Waals surface area contributed by atoms with Crippen molar-refractivity contribution in [1.29, 1.82) is 0 Å². The van der Waals surface area contributed by atoms with Crippen molar-refractivity contribution in [3.63, 3.8) is 0 Å². The quantitative estimate of drug-likeness (QED) is 0.623. The summed E-state index contributed by atoms with van der Waals surface area (Å²) in [6.07, 6.45) is 2.06. The number of carbonyl (C=O) groups excluding carboxylic acids is 1. The monoisotopic (exact) mass is 442 g/mol. The van der Waals surface area contributed by atoms with E-state index in [0.29, 0.717) is 36.3 Å². The lowest BCUT2D eigenvalue weighted by molar-refractivity contribution is -0.115. The SMILES string of the molecule is C[C@@H](C(=O)Nc1ccc2c(c1)OCCCO2)S(=O)(=O)Cc1coc(-c2ccccc2)n1. The minimum absolute atomic E-state index is 0.245. The van der Waals surface area contributed by atoms with E-state index in [4.69, 9.17) is 13.9 Å². The molecule has 1 N–H and O–H groups in total. The van der Waals surface area contributed by atoms with Gasteiger partial charge in [0.2, 0.25) is 11.8 Å². The number of anilines is 1. The van der Waals surface area contributed by atoms with Gasteiger partial charge in [0, 0.05) is 23.7 Å². The van der Waals surface area contributed by atoms with Crippen molar-refractivity contribution in [2.24, 2.45) is 0 Å². The Hall–Kier alpha value is -3.33. The van der Waals surface area contributed by atoms with E-state index in [9.17, 15) is 13.2 Å². The van der Waals surface area contributed by atoms with Gasteiger partial charge in [-0.15, -0.1) is 0 Å². The number of carbonyl (C=O) groups is 1. The molecule has 1 aromatic heterocycles. The lowest BCUT2D eigenvalue weighted by atomic mass is 10.2. The molecule has 1 aliphatic heterocycles. The second kappa shape index (κ2) is 8.81. The Balaban J connectivity index is 1.43. The minimum Gasteiger partial charge on any atom is -0.490 e. The zero-order chi connectivity index (χ0) is 21.8. The molecule has 2 heterocycles. The Morgan fingerprint density at radius 3 is 2.61 bits per heavy atom. The molecule has 0 aliphatic carbocycles. The normalized spacial score (nSPS) is 14.5. The molecular formula is C22H22N2O6S. The topological polar surface area (TPSA) is 108 Å². The lowest BCUT2D eigenvalue weighted by Gasteiger charge is -2.14. The second-order valence-corrected chi connectivity index (χ2v) is 9.48. The van der Waals surface area contributed by atoms with Crippen LogP contribution in [0.3, 0.4) is 0 Å². The predicted octanol–water partition coefficient (Wildman–Crippen LogP) is 3.44. The second-order valence-electron chi connectivity index (χ2n) is 7.16. The molecule has 162 valence electrons. The van der Waals surface area contributed by atoms with Gasteiger partial charge < -0.3 is 19.2 Å². The van der Waals surface area contributed by atoms with Gasteiger partial charge in [-0.2, -0.15) is 0 Å². The highest BCUT2D eigenvalue weighted by atomic mass is 32.2. The summed E-state index contributed by atoms with van der Waals surface area (Å²) in [4.78, 5) is 16.8. The molecule has 2 aromatic carbocycles. The molecule has 0 saturated heterocycles. The first-order valence-corrected chi connectivity index (χ1v) is 11.6. The molecule has 1 amide bonds. The Morgan fingerprint density at radius 2 is 1.84 bits per heavy atom. The van der Waals surface area contributed by atoms with Crippen LogP contribution in [0.15, 0.2) is 59.2 Å². The summed E-state index contributed by atoms with van der Waals surface area (Å²) < 4.78 is 42.1. The highest BCUT2D eigenvalue weighted by Gasteiger charge is 2.29. The van der Waals surface area contributed by atoms with Crippen LogP contribution in [0.1, 0.15) is 19.0 Å².